The molecule has 1 N–H and O–H groups in total. The van der Waals surface area contributed by atoms with Crippen LogP contribution in [-0.2, 0) is 9.53 Å². The zero-order chi connectivity index (χ0) is 21.1. The van der Waals surface area contributed by atoms with Gasteiger partial charge in [-0.05, 0) is 35.6 Å². The van der Waals surface area contributed by atoms with Crippen molar-refractivity contribution in [2.75, 3.05) is 39.4 Å². The smallest absolute Gasteiger partial charge is 0.290 e. The number of hydrogen-bond donors (Lipinski definition) is 1. The van der Waals surface area contributed by atoms with Gasteiger partial charge in [-0.15, -0.1) is 11.3 Å². The molecule has 1 atom stereocenters. The molecule has 0 radical (unpaired) electrons. The van der Waals surface area contributed by atoms with Crippen molar-refractivity contribution in [3.63, 3.8) is 0 Å². The van der Waals surface area contributed by atoms with E-state index in [0.717, 1.165) is 19.6 Å². The van der Waals surface area contributed by atoms with Gasteiger partial charge in [-0.1, -0.05) is 18.2 Å². The van der Waals surface area contributed by atoms with Gasteiger partial charge >= 0.3 is 0 Å². The van der Waals surface area contributed by atoms with E-state index < -0.39 is 23.5 Å². The molecule has 2 aliphatic heterocycles. The molecule has 0 unspecified atom stereocenters. The molecule has 158 valence electrons. The Hall–Kier alpha value is -2.55. The van der Waals surface area contributed by atoms with Crippen molar-refractivity contribution in [2.24, 2.45) is 0 Å². The molecule has 2 aromatic rings. The fourth-order valence-corrected chi connectivity index (χ4v) is 4.62. The highest BCUT2D eigenvalue weighted by Crippen LogP contribution is 2.39. The molecule has 1 amide bonds. The van der Waals surface area contributed by atoms with Crippen LogP contribution in [0.5, 0.6) is 0 Å². The Morgan fingerprint density at radius 2 is 1.90 bits per heavy atom. The van der Waals surface area contributed by atoms with Crippen LogP contribution in [0.1, 0.15) is 27.7 Å². The van der Waals surface area contributed by atoms with E-state index in [1.807, 2.05) is 0 Å². The van der Waals surface area contributed by atoms with Crippen LogP contribution in [0.3, 0.4) is 0 Å². The highest BCUT2D eigenvalue weighted by Gasteiger charge is 2.43. The van der Waals surface area contributed by atoms with Gasteiger partial charge < -0.3 is 14.7 Å². The Kier molecular flexibility index (Phi) is 6.26. The summed E-state index contributed by atoms with van der Waals surface area (Å²) < 4.78 is 18.8. The molecule has 1 fully saturated rings. The van der Waals surface area contributed by atoms with Crippen LogP contribution in [0.2, 0.25) is 0 Å². The van der Waals surface area contributed by atoms with Crippen molar-refractivity contribution >= 4 is 23.0 Å². The third-order valence-electron chi connectivity index (χ3n) is 5.46. The third-order valence-corrected chi connectivity index (χ3v) is 6.32. The standard InChI is InChI=1S/C22H23FN2O4S/c23-16-6-4-15(5-7-16)19-18(20(26)17-3-1-14-30-17)21(27)22(28)25(19)9-2-8-24-10-12-29-13-11-24/h1,3-7,14,19,27H,2,8-13H2/t19-/m1/s1. The first kappa shape index (κ1) is 20.7. The number of hydrogen-bond acceptors (Lipinski definition) is 6. The van der Waals surface area contributed by atoms with Crippen molar-refractivity contribution in [3.8, 4) is 0 Å². The molecule has 8 heteroatoms. The number of ketones is 1. The first-order valence-corrected chi connectivity index (χ1v) is 10.8. The number of aliphatic hydroxyl groups is 1. The van der Waals surface area contributed by atoms with Crippen LogP contribution in [0.25, 0.3) is 0 Å². The SMILES string of the molecule is O=C(C1=C(O)C(=O)N(CCCN2CCOCC2)[C@@H]1c1ccc(F)cc1)c1cccs1. The molecule has 30 heavy (non-hydrogen) atoms. The van der Waals surface area contributed by atoms with Crippen molar-refractivity contribution in [2.45, 2.75) is 12.5 Å². The second kappa shape index (κ2) is 9.07. The van der Waals surface area contributed by atoms with E-state index >= 15 is 0 Å². The molecular weight excluding hydrogens is 407 g/mol. The Morgan fingerprint density at radius 1 is 1.17 bits per heavy atom. The second-order valence-corrected chi connectivity index (χ2v) is 8.28. The summed E-state index contributed by atoms with van der Waals surface area (Å²) in [6.45, 7) is 4.26. The van der Waals surface area contributed by atoms with Gasteiger partial charge in [-0.3, -0.25) is 14.5 Å². The number of thiophene rings is 1. The van der Waals surface area contributed by atoms with E-state index in [-0.39, 0.29) is 11.4 Å². The number of amides is 1. The van der Waals surface area contributed by atoms with Crippen LogP contribution >= 0.6 is 11.3 Å². The highest BCUT2D eigenvalue weighted by molar-refractivity contribution is 7.12. The predicted molar refractivity (Wildman–Crippen MR) is 111 cm³/mol. The minimum atomic E-state index is -0.739. The summed E-state index contributed by atoms with van der Waals surface area (Å²) in [6.07, 6.45) is 0.692. The largest absolute Gasteiger partial charge is 0.503 e. The first-order valence-electron chi connectivity index (χ1n) is 9.94. The summed E-state index contributed by atoms with van der Waals surface area (Å²) >= 11 is 1.26. The van der Waals surface area contributed by atoms with Crippen LogP contribution in [0.15, 0.2) is 53.1 Å². The Labute approximate surface area is 178 Å². The summed E-state index contributed by atoms with van der Waals surface area (Å²) in [4.78, 5) is 30.2. The van der Waals surface area contributed by atoms with E-state index in [4.69, 9.17) is 4.74 Å². The average Bonchev–Trinajstić information content (AvgIpc) is 3.38. The molecule has 4 rings (SSSR count). The van der Waals surface area contributed by atoms with Crippen molar-refractivity contribution in [3.05, 3.63) is 69.4 Å². The molecule has 0 bridgehead atoms. The normalized spacial score (nSPS) is 20.2. The zero-order valence-electron chi connectivity index (χ0n) is 16.4. The van der Waals surface area contributed by atoms with E-state index in [0.29, 0.717) is 36.6 Å². The Balaban J connectivity index is 1.59. The quantitative estimate of drug-likeness (QED) is 0.684. The number of morpholine rings is 1. The van der Waals surface area contributed by atoms with Gasteiger partial charge in [-0.2, -0.15) is 0 Å². The monoisotopic (exact) mass is 430 g/mol. The Morgan fingerprint density at radius 3 is 2.57 bits per heavy atom. The summed E-state index contributed by atoms with van der Waals surface area (Å²) in [5.74, 6) is -1.86. The molecule has 6 nitrogen and oxygen atoms in total. The van der Waals surface area contributed by atoms with Crippen LogP contribution in [0, 0.1) is 5.82 Å². The van der Waals surface area contributed by atoms with Gasteiger partial charge in [0.05, 0.1) is 29.7 Å². The summed E-state index contributed by atoms with van der Waals surface area (Å²) in [7, 11) is 0. The highest BCUT2D eigenvalue weighted by atomic mass is 32.1. The number of Topliss-reactive ketones (excluding diaryl/α,β-unsaturated/α-hetero) is 1. The van der Waals surface area contributed by atoms with Crippen LogP contribution < -0.4 is 0 Å². The summed E-state index contributed by atoms with van der Waals surface area (Å²) in [6, 6.07) is 8.39. The number of aliphatic hydroxyl groups excluding tert-OH is 1. The van der Waals surface area contributed by atoms with E-state index in [1.54, 1.807) is 29.6 Å². The van der Waals surface area contributed by atoms with E-state index in [2.05, 4.69) is 4.90 Å². The van der Waals surface area contributed by atoms with Gasteiger partial charge in [0, 0.05) is 26.2 Å². The predicted octanol–water partition coefficient (Wildman–Crippen LogP) is 3.19. The Bertz CT molecular complexity index is 937. The topological polar surface area (TPSA) is 70.1 Å². The van der Waals surface area contributed by atoms with Gasteiger partial charge in [0.2, 0.25) is 5.78 Å². The minimum absolute atomic E-state index is 0.0560. The maximum absolute atomic E-state index is 13.5. The molecule has 0 saturated carbocycles. The maximum atomic E-state index is 13.5. The molecular formula is C22H23FN2O4S. The van der Waals surface area contributed by atoms with Crippen molar-refractivity contribution in [1.29, 1.82) is 0 Å². The van der Waals surface area contributed by atoms with Crippen LogP contribution in [-0.4, -0.2) is 66.0 Å². The van der Waals surface area contributed by atoms with E-state index in [9.17, 15) is 19.1 Å². The molecule has 0 spiro atoms. The number of carbonyl (C=O) groups is 2. The second-order valence-electron chi connectivity index (χ2n) is 7.33. The van der Waals surface area contributed by atoms with Gasteiger partial charge in [0.15, 0.2) is 5.76 Å². The number of halogens is 1. The molecule has 1 saturated heterocycles. The lowest BCUT2D eigenvalue weighted by molar-refractivity contribution is -0.129. The van der Waals surface area contributed by atoms with Crippen LogP contribution in [0.4, 0.5) is 4.39 Å². The number of benzene rings is 1. The zero-order valence-corrected chi connectivity index (χ0v) is 17.2. The lowest BCUT2D eigenvalue weighted by Gasteiger charge is -2.30. The number of carbonyl (C=O) groups excluding carboxylic acids is 2. The fraction of sp³-hybridized carbons (Fsp3) is 0.364. The minimum Gasteiger partial charge on any atom is -0.503 e. The number of ether oxygens (including phenoxy) is 1. The maximum Gasteiger partial charge on any atom is 0.290 e. The molecule has 1 aromatic heterocycles. The molecule has 0 aliphatic carbocycles. The van der Waals surface area contributed by atoms with Crippen molar-refractivity contribution < 1.29 is 23.8 Å². The van der Waals surface area contributed by atoms with Gasteiger partial charge in [0.25, 0.3) is 5.91 Å². The first-order chi connectivity index (χ1) is 14.6. The van der Waals surface area contributed by atoms with Gasteiger partial charge in [0.1, 0.15) is 5.82 Å². The number of rotatable bonds is 7. The molecule has 3 heterocycles. The van der Waals surface area contributed by atoms with Crippen molar-refractivity contribution in [1.82, 2.24) is 9.80 Å². The molecule has 2 aliphatic rings. The summed E-state index contributed by atoms with van der Waals surface area (Å²) in [5.41, 5.74) is 0.653. The number of nitrogens with zero attached hydrogens (tertiary/aromatic N) is 2. The molecule has 1 aromatic carbocycles. The fourth-order valence-electron chi connectivity index (χ4n) is 3.94. The lowest BCUT2D eigenvalue weighted by atomic mass is 9.95. The lowest BCUT2D eigenvalue weighted by Crippen LogP contribution is -2.39. The van der Waals surface area contributed by atoms with Gasteiger partial charge in [-0.25, -0.2) is 4.39 Å². The van der Waals surface area contributed by atoms with E-state index in [1.165, 1.54) is 28.4 Å². The average molecular weight is 431 g/mol. The summed E-state index contributed by atoms with van der Waals surface area (Å²) in [5, 5.41) is 12.4. The third kappa shape index (κ3) is 4.16.